The summed E-state index contributed by atoms with van der Waals surface area (Å²) in [6, 6.07) is 14.2. The Morgan fingerprint density at radius 1 is 0.750 bits per heavy atom. The Morgan fingerprint density at radius 2 is 1.45 bits per heavy atom. The van der Waals surface area contributed by atoms with Crippen molar-refractivity contribution >= 4 is 0 Å². The smallest absolute Gasteiger partial charge is 0.248 e. The van der Waals surface area contributed by atoms with Crippen molar-refractivity contribution in [3.05, 3.63) is 59.2 Å². The molecule has 0 atom stereocenters. The first-order valence-corrected chi connectivity index (χ1v) is 6.61. The van der Waals surface area contributed by atoms with Crippen LogP contribution in [0.3, 0.4) is 0 Å². The minimum Gasteiger partial charge on any atom is -0.416 e. The van der Waals surface area contributed by atoms with Gasteiger partial charge in [-0.05, 0) is 56.2 Å². The van der Waals surface area contributed by atoms with E-state index in [0.717, 1.165) is 11.1 Å². The van der Waals surface area contributed by atoms with Crippen molar-refractivity contribution in [1.82, 2.24) is 10.2 Å². The summed E-state index contributed by atoms with van der Waals surface area (Å²) in [4.78, 5) is 0. The number of hydrogen-bond donors (Lipinski definition) is 0. The van der Waals surface area contributed by atoms with Crippen LogP contribution >= 0.6 is 0 Å². The summed E-state index contributed by atoms with van der Waals surface area (Å²) in [5.74, 6) is 1.12. The molecule has 1 heterocycles. The van der Waals surface area contributed by atoms with Gasteiger partial charge in [-0.25, -0.2) is 0 Å². The molecule has 3 nitrogen and oxygen atoms in total. The van der Waals surface area contributed by atoms with E-state index in [2.05, 4.69) is 36.2 Å². The number of hydrogen-bond acceptors (Lipinski definition) is 3. The third-order valence-electron chi connectivity index (χ3n) is 3.44. The number of nitrogens with zero attached hydrogens (tertiary/aromatic N) is 2. The number of aryl methyl sites for hydroxylation is 3. The molecule has 0 aliphatic rings. The third kappa shape index (κ3) is 2.35. The molecule has 1 aromatic heterocycles. The lowest BCUT2D eigenvalue weighted by Gasteiger charge is -2.01. The number of benzene rings is 2. The minimum absolute atomic E-state index is 0.557. The topological polar surface area (TPSA) is 38.9 Å². The largest absolute Gasteiger partial charge is 0.416 e. The summed E-state index contributed by atoms with van der Waals surface area (Å²) in [6.45, 7) is 6.21. The van der Waals surface area contributed by atoms with Gasteiger partial charge in [-0.3, -0.25) is 0 Å². The Kier molecular flexibility index (Phi) is 3.11. The molecule has 0 amide bonds. The number of aromatic nitrogens is 2. The van der Waals surface area contributed by atoms with Crippen LogP contribution in [-0.4, -0.2) is 10.2 Å². The van der Waals surface area contributed by atoms with E-state index in [0.29, 0.717) is 11.8 Å². The highest BCUT2D eigenvalue weighted by Crippen LogP contribution is 2.25. The second-order valence-electron chi connectivity index (χ2n) is 5.08. The van der Waals surface area contributed by atoms with Crippen LogP contribution < -0.4 is 0 Å². The van der Waals surface area contributed by atoms with E-state index in [1.165, 1.54) is 16.7 Å². The molecule has 0 spiro atoms. The van der Waals surface area contributed by atoms with Crippen molar-refractivity contribution in [3.8, 4) is 22.9 Å². The summed E-state index contributed by atoms with van der Waals surface area (Å²) in [5, 5.41) is 8.29. The third-order valence-corrected chi connectivity index (χ3v) is 3.44. The summed E-state index contributed by atoms with van der Waals surface area (Å²) in [5.41, 5.74) is 5.56. The van der Waals surface area contributed by atoms with Gasteiger partial charge >= 0.3 is 0 Å². The fourth-order valence-corrected chi connectivity index (χ4v) is 2.11. The first kappa shape index (κ1) is 12.6. The molecule has 0 bridgehead atoms. The van der Waals surface area contributed by atoms with E-state index in [-0.39, 0.29) is 0 Å². The molecule has 100 valence electrons. The average Bonchev–Trinajstić information content (AvgIpc) is 2.92. The van der Waals surface area contributed by atoms with Gasteiger partial charge in [-0.15, -0.1) is 10.2 Å². The fourth-order valence-electron chi connectivity index (χ4n) is 2.11. The zero-order valence-electron chi connectivity index (χ0n) is 11.8. The van der Waals surface area contributed by atoms with Crippen LogP contribution in [0.5, 0.6) is 0 Å². The first-order chi connectivity index (χ1) is 9.63. The van der Waals surface area contributed by atoms with Gasteiger partial charge in [0.2, 0.25) is 11.8 Å². The molecule has 20 heavy (non-hydrogen) atoms. The lowest BCUT2D eigenvalue weighted by molar-refractivity contribution is 0.584. The van der Waals surface area contributed by atoms with Gasteiger partial charge in [0.1, 0.15) is 0 Å². The highest BCUT2D eigenvalue weighted by molar-refractivity contribution is 5.59. The second kappa shape index (κ2) is 4.93. The average molecular weight is 264 g/mol. The van der Waals surface area contributed by atoms with Crippen LogP contribution in [0, 0.1) is 20.8 Å². The summed E-state index contributed by atoms with van der Waals surface area (Å²) in [6.07, 6.45) is 0. The van der Waals surface area contributed by atoms with E-state index >= 15 is 0 Å². The quantitative estimate of drug-likeness (QED) is 0.691. The molecule has 0 radical (unpaired) electrons. The van der Waals surface area contributed by atoms with Gasteiger partial charge in [0, 0.05) is 11.1 Å². The SMILES string of the molecule is Cc1cccc(-c2nnc(-c3ccc(C)c(C)c3)o2)c1. The van der Waals surface area contributed by atoms with E-state index in [4.69, 9.17) is 4.42 Å². The van der Waals surface area contributed by atoms with Crippen LogP contribution in [-0.2, 0) is 0 Å². The molecule has 0 fully saturated rings. The Balaban J connectivity index is 1.99. The lowest BCUT2D eigenvalue weighted by Crippen LogP contribution is -1.83. The molecule has 0 aliphatic carbocycles. The predicted molar refractivity (Wildman–Crippen MR) is 79.4 cm³/mol. The van der Waals surface area contributed by atoms with Crippen LogP contribution in [0.4, 0.5) is 0 Å². The van der Waals surface area contributed by atoms with Gasteiger partial charge in [-0.2, -0.15) is 0 Å². The molecular weight excluding hydrogens is 248 g/mol. The van der Waals surface area contributed by atoms with Gasteiger partial charge in [0.25, 0.3) is 0 Å². The molecule has 0 saturated carbocycles. The van der Waals surface area contributed by atoms with Crippen molar-refractivity contribution in [2.45, 2.75) is 20.8 Å². The normalized spacial score (nSPS) is 10.8. The van der Waals surface area contributed by atoms with Gasteiger partial charge in [0.05, 0.1) is 0 Å². The molecule has 0 aliphatic heterocycles. The second-order valence-corrected chi connectivity index (χ2v) is 5.08. The van der Waals surface area contributed by atoms with Crippen molar-refractivity contribution in [3.63, 3.8) is 0 Å². The van der Waals surface area contributed by atoms with Crippen molar-refractivity contribution in [2.75, 3.05) is 0 Å². The van der Waals surface area contributed by atoms with Crippen molar-refractivity contribution < 1.29 is 4.42 Å². The Bertz CT molecular complexity index is 759. The maximum atomic E-state index is 5.78. The fraction of sp³-hybridized carbons (Fsp3) is 0.176. The zero-order valence-corrected chi connectivity index (χ0v) is 11.8. The highest BCUT2D eigenvalue weighted by atomic mass is 16.4. The highest BCUT2D eigenvalue weighted by Gasteiger charge is 2.11. The number of rotatable bonds is 2. The molecule has 0 N–H and O–H groups in total. The first-order valence-electron chi connectivity index (χ1n) is 6.61. The van der Waals surface area contributed by atoms with Crippen LogP contribution in [0.25, 0.3) is 22.9 Å². The van der Waals surface area contributed by atoms with Crippen molar-refractivity contribution in [2.24, 2.45) is 0 Å². The Morgan fingerprint density at radius 3 is 2.10 bits per heavy atom. The summed E-state index contributed by atoms with van der Waals surface area (Å²) < 4.78 is 5.78. The predicted octanol–water partition coefficient (Wildman–Crippen LogP) is 4.33. The Labute approximate surface area is 118 Å². The molecule has 0 saturated heterocycles. The van der Waals surface area contributed by atoms with Gasteiger partial charge in [-0.1, -0.05) is 23.8 Å². The maximum absolute atomic E-state index is 5.78. The molecule has 0 unspecified atom stereocenters. The zero-order chi connectivity index (χ0) is 14.1. The van der Waals surface area contributed by atoms with E-state index in [1.807, 2.05) is 37.3 Å². The Hall–Kier alpha value is -2.42. The van der Waals surface area contributed by atoms with Gasteiger partial charge < -0.3 is 4.42 Å². The molecular formula is C17H16N2O. The summed E-state index contributed by atoms with van der Waals surface area (Å²) >= 11 is 0. The van der Waals surface area contributed by atoms with Crippen LogP contribution in [0.1, 0.15) is 16.7 Å². The van der Waals surface area contributed by atoms with E-state index in [1.54, 1.807) is 0 Å². The standard InChI is InChI=1S/C17H16N2O/c1-11-5-4-6-14(9-11)16-18-19-17(20-16)15-8-7-12(2)13(3)10-15/h4-10H,1-3H3. The lowest BCUT2D eigenvalue weighted by atomic mass is 10.1. The molecule has 3 heteroatoms. The maximum Gasteiger partial charge on any atom is 0.248 e. The van der Waals surface area contributed by atoms with E-state index in [9.17, 15) is 0 Å². The molecule has 2 aromatic carbocycles. The monoisotopic (exact) mass is 264 g/mol. The van der Waals surface area contributed by atoms with Gasteiger partial charge in [0.15, 0.2) is 0 Å². The molecule has 3 aromatic rings. The molecule has 3 rings (SSSR count). The summed E-state index contributed by atoms with van der Waals surface area (Å²) in [7, 11) is 0. The van der Waals surface area contributed by atoms with E-state index < -0.39 is 0 Å². The van der Waals surface area contributed by atoms with Crippen LogP contribution in [0.15, 0.2) is 46.9 Å². The van der Waals surface area contributed by atoms with Crippen molar-refractivity contribution in [1.29, 1.82) is 0 Å². The minimum atomic E-state index is 0.557. The van der Waals surface area contributed by atoms with Crippen LogP contribution in [0.2, 0.25) is 0 Å².